The van der Waals surface area contributed by atoms with Gasteiger partial charge in [-0.2, -0.15) is 0 Å². The summed E-state index contributed by atoms with van der Waals surface area (Å²) in [6, 6.07) is 7.90. The molecule has 1 aromatic carbocycles. The van der Waals surface area contributed by atoms with Crippen LogP contribution in [0.4, 0.5) is 16.2 Å². The van der Waals surface area contributed by atoms with E-state index in [-0.39, 0.29) is 5.91 Å². The van der Waals surface area contributed by atoms with E-state index < -0.39 is 0 Å². The minimum absolute atomic E-state index is 0.295. The van der Waals surface area contributed by atoms with Crippen molar-refractivity contribution in [2.45, 2.75) is 20.8 Å². The Kier molecular flexibility index (Phi) is 4.54. The van der Waals surface area contributed by atoms with Crippen LogP contribution >= 0.6 is 22.7 Å². The lowest BCUT2D eigenvalue weighted by atomic mass is 10.2. The normalized spacial score (nSPS) is 10.9. The third kappa shape index (κ3) is 3.93. The van der Waals surface area contributed by atoms with Crippen molar-refractivity contribution < 1.29 is 4.79 Å². The van der Waals surface area contributed by atoms with E-state index in [2.05, 4.69) is 36.6 Å². The van der Waals surface area contributed by atoms with Gasteiger partial charge in [0.15, 0.2) is 10.3 Å². The van der Waals surface area contributed by atoms with Gasteiger partial charge < -0.3 is 5.32 Å². The van der Waals surface area contributed by atoms with Crippen LogP contribution in [0.25, 0.3) is 10.2 Å². The average molecular weight is 397 g/mol. The van der Waals surface area contributed by atoms with Crippen molar-refractivity contribution in [3.63, 3.8) is 0 Å². The van der Waals surface area contributed by atoms with Crippen molar-refractivity contribution in [1.29, 1.82) is 0 Å². The highest BCUT2D eigenvalue weighted by Gasteiger charge is 2.14. The number of carbonyl (C=O) groups is 1. The molecule has 0 spiro atoms. The van der Waals surface area contributed by atoms with Gasteiger partial charge >= 0.3 is 0 Å². The smallest absolute Gasteiger partial charge is 0.276 e. The van der Waals surface area contributed by atoms with Crippen molar-refractivity contribution in [1.82, 2.24) is 19.9 Å². The van der Waals surface area contributed by atoms with Gasteiger partial charge in [0.2, 0.25) is 5.95 Å². The number of hydrogen-bond acceptors (Lipinski definition) is 8. The minimum Gasteiger partial charge on any atom is -0.300 e. The first-order valence-corrected chi connectivity index (χ1v) is 9.89. The molecule has 0 bridgehead atoms. The molecule has 3 heterocycles. The molecule has 7 nitrogen and oxygen atoms in total. The summed E-state index contributed by atoms with van der Waals surface area (Å²) in [4.78, 5) is 29.9. The zero-order chi connectivity index (χ0) is 19.0. The first-order chi connectivity index (χ1) is 13.0. The van der Waals surface area contributed by atoms with Crippen LogP contribution in [0.3, 0.4) is 0 Å². The third-order valence-corrected chi connectivity index (χ3v) is 5.39. The summed E-state index contributed by atoms with van der Waals surface area (Å²) in [5.41, 5.74) is 4.08. The maximum atomic E-state index is 12.5. The maximum absolute atomic E-state index is 12.5. The molecule has 0 atom stereocenters. The fourth-order valence-electron chi connectivity index (χ4n) is 2.56. The Bertz CT molecular complexity index is 1130. The van der Waals surface area contributed by atoms with E-state index >= 15 is 0 Å². The molecule has 2 N–H and O–H groups in total. The van der Waals surface area contributed by atoms with E-state index in [0.717, 1.165) is 27.2 Å². The van der Waals surface area contributed by atoms with Crippen LogP contribution in [-0.4, -0.2) is 25.8 Å². The number of nitrogens with one attached hydrogen (secondary N) is 2. The Hall–Kier alpha value is -2.91. The van der Waals surface area contributed by atoms with E-state index in [9.17, 15) is 4.79 Å². The molecule has 136 valence electrons. The highest BCUT2D eigenvalue weighted by atomic mass is 32.1. The highest BCUT2D eigenvalue weighted by molar-refractivity contribution is 7.22. The lowest BCUT2D eigenvalue weighted by molar-refractivity contribution is 0.102. The van der Waals surface area contributed by atoms with Gasteiger partial charge in [-0.25, -0.2) is 19.9 Å². The molecule has 1 amide bonds. The topological polar surface area (TPSA) is 92.7 Å². The quantitative estimate of drug-likeness (QED) is 0.529. The molecule has 0 unspecified atom stereocenters. The van der Waals surface area contributed by atoms with Gasteiger partial charge in [0, 0.05) is 16.8 Å². The third-order valence-electron chi connectivity index (χ3n) is 3.70. The van der Waals surface area contributed by atoms with Crippen LogP contribution in [0, 0.1) is 20.8 Å². The molecule has 0 aliphatic carbocycles. The standard InChI is InChI=1S/C18H16N6OS2/c1-9-4-5-12-14(6-9)27-18(21-12)23-15(25)13-8-26-17(22-13)24-16-19-10(2)7-11(3)20-16/h4-8H,1-3H3,(H,21,23,25)(H,19,20,22,24). The molecule has 0 saturated heterocycles. The van der Waals surface area contributed by atoms with E-state index in [1.807, 2.05) is 39.0 Å². The number of aryl methyl sites for hydroxylation is 3. The van der Waals surface area contributed by atoms with Crippen LogP contribution in [0.15, 0.2) is 29.6 Å². The number of aromatic nitrogens is 4. The Morgan fingerprint density at radius 1 is 0.963 bits per heavy atom. The highest BCUT2D eigenvalue weighted by Crippen LogP contribution is 2.27. The van der Waals surface area contributed by atoms with Crippen LogP contribution in [0.2, 0.25) is 0 Å². The molecule has 27 heavy (non-hydrogen) atoms. The first kappa shape index (κ1) is 17.5. The largest absolute Gasteiger partial charge is 0.300 e. The minimum atomic E-state index is -0.295. The summed E-state index contributed by atoms with van der Waals surface area (Å²) in [6.45, 7) is 5.83. The molecular formula is C18H16N6OS2. The second kappa shape index (κ2) is 7.01. The van der Waals surface area contributed by atoms with E-state index in [0.29, 0.717) is 21.9 Å². The molecule has 0 fully saturated rings. The van der Waals surface area contributed by atoms with Gasteiger partial charge in [0.1, 0.15) is 5.69 Å². The Morgan fingerprint density at radius 2 is 1.74 bits per heavy atom. The lowest BCUT2D eigenvalue weighted by Gasteiger charge is -2.03. The Labute approximate surface area is 163 Å². The molecule has 0 aliphatic rings. The molecule has 0 radical (unpaired) electrons. The molecule has 9 heteroatoms. The van der Waals surface area contributed by atoms with Crippen LogP contribution in [0.1, 0.15) is 27.4 Å². The number of carbonyl (C=O) groups excluding carboxylic acids is 1. The van der Waals surface area contributed by atoms with Crippen LogP contribution in [0.5, 0.6) is 0 Å². The Morgan fingerprint density at radius 3 is 2.52 bits per heavy atom. The fourth-order valence-corrected chi connectivity index (χ4v) is 4.20. The molecule has 4 aromatic rings. The zero-order valence-electron chi connectivity index (χ0n) is 14.9. The molecular weight excluding hydrogens is 380 g/mol. The second-order valence-electron chi connectivity index (χ2n) is 6.08. The average Bonchev–Trinajstić information content (AvgIpc) is 3.20. The summed E-state index contributed by atoms with van der Waals surface area (Å²) in [7, 11) is 0. The van der Waals surface area contributed by atoms with E-state index in [1.165, 1.54) is 22.7 Å². The molecule has 0 aliphatic heterocycles. The van der Waals surface area contributed by atoms with E-state index in [1.54, 1.807) is 5.38 Å². The van der Waals surface area contributed by atoms with Crippen LogP contribution < -0.4 is 10.6 Å². The fraction of sp³-hybridized carbons (Fsp3) is 0.167. The van der Waals surface area contributed by atoms with Gasteiger partial charge in [-0.15, -0.1) is 11.3 Å². The molecule has 3 aromatic heterocycles. The van der Waals surface area contributed by atoms with Crippen molar-refractivity contribution in [3.05, 3.63) is 52.3 Å². The van der Waals surface area contributed by atoms with Crippen LogP contribution in [-0.2, 0) is 0 Å². The number of thiazole rings is 2. The van der Waals surface area contributed by atoms with Gasteiger partial charge in [-0.3, -0.25) is 10.1 Å². The lowest BCUT2D eigenvalue weighted by Crippen LogP contribution is -2.12. The summed E-state index contributed by atoms with van der Waals surface area (Å²) >= 11 is 2.77. The Balaban J connectivity index is 1.49. The summed E-state index contributed by atoms with van der Waals surface area (Å²) in [5.74, 6) is 0.173. The first-order valence-electron chi connectivity index (χ1n) is 8.20. The van der Waals surface area contributed by atoms with Gasteiger partial charge in [-0.1, -0.05) is 17.4 Å². The van der Waals surface area contributed by atoms with E-state index in [4.69, 9.17) is 0 Å². The van der Waals surface area contributed by atoms with Gasteiger partial charge in [-0.05, 0) is 44.5 Å². The molecule has 0 saturated carbocycles. The summed E-state index contributed by atoms with van der Waals surface area (Å²) < 4.78 is 1.04. The van der Waals surface area contributed by atoms with Crippen molar-refractivity contribution >= 4 is 55.0 Å². The van der Waals surface area contributed by atoms with Crippen molar-refractivity contribution in [2.75, 3.05) is 10.6 Å². The number of benzene rings is 1. The van der Waals surface area contributed by atoms with Crippen molar-refractivity contribution in [2.24, 2.45) is 0 Å². The number of nitrogens with zero attached hydrogens (tertiary/aromatic N) is 4. The SMILES string of the molecule is Cc1ccc2nc(NC(=O)c3csc(Nc4nc(C)cc(C)n4)n3)sc2c1. The number of rotatable bonds is 4. The second-order valence-corrected chi connectivity index (χ2v) is 7.97. The maximum Gasteiger partial charge on any atom is 0.276 e. The summed E-state index contributed by atoms with van der Waals surface area (Å²) in [5, 5.41) is 8.67. The summed E-state index contributed by atoms with van der Waals surface area (Å²) in [6.07, 6.45) is 0. The van der Waals surface area contributed by atoms with Gasteiger partial charge in [0.25, 0.3) is 5.91 Å². The number of amides is 1. The van der Waals surface area contributed by atoms with Gasteiger partial charge in [0.05, 0.1) is 10.2 Å². The molecule has 4 rings (SSSR count). The zero-order valence-corrected chi connectivity index (χ0v) is 16.5. The van der Waals surface area contributed by atoms with Crippen molar-refractivity contribution in [3.8, 4) is 0 Å². The number of fused-ring (bicyclic) bond motifs is 1. The number of hydrogen-bond donors (Lipinski definition) is 2. The predicted molar refractivity (Wildman–Crippen MR) is 109 cm³/mol. The number of anilines is 3. The predicted octanol–water partition coefficient (Wildman–Crippen LogP) is 4.46. The monoisotopic (exact) mass is 396 g/mol.